The van der Waals surface area contributed by atoms with Gasteiger partial charge in [-0.3, -0.25) is 0 Å². The highest BCUT2D eigenvalue weighted by Crippen LogP contribution is 2.18. The van der Waals surface area contributed by atoms with E-state index in [-0.39, 0.29) is 0 Å². The molecule has 1 aromatic rings. The smallest absolute Gasteiger partial charge is 0.0950 e. The van der Waals surface area contributed by atoms with Crippen LogP contribution in [0, 0.1) is 0 Å². The van der Waals surface area contributed by atoms with E-state index in [0.717, 1.165) is 24.8 Å². The topological polar surface area (TPSA) is 55.9 Å². The van der Waals surface area contributed by atoms with Gasteiger partial charge in [0.15, 0.2) is 0 Å². The van der Waals surface area contributed by atoms with Gasteiger partial charge in [0.05, 0.1) is 12.0 Å². The summed E-state index contributed by atoms with van der Waals surface area (Å²) in [6.07, 6.45) is 7.94. The maximum Gasteiger partial charge on any atom is 0.0950 e. The minimum atomic E-state index is 0.672. The maximum absolute atomic E-state index is 5.46. The molecule has 1 fully saturated rings. The zero-order valence-electron chi connectivity index (χ0n) is 8.45. The molecule has 0 radical (unpaired) electrons. The van der Waals surface area contributed by atoms with E-state index in [9.17, 15) is 0 Å². The number of aromatic nitrogens is 2. The van der Waals surface area contributed by atoms with E-state index in [1.807, 2.05) is 10.9 Å². The number of nitrogens with zero attached hydrogens (tertiary/aromatic N) is 2. The molecule has 0 spiro atoms. The SMILES string of the molecule is NCCn1cnc(CNC2CCC2)c1. The van der Waals surface area contributed by atoms with Crippen LogP contribution in [0.5, 0.6) is 0 Å². The van der Waals surface area contributed by atoms with Crippen LogP contribution in [0.15, 0.2) is 12.5 Å². The first-order chi connectivity index (χ1) is 6.88. The van der Waals surface area contributed by atoms with Crippen LogP contribution in [0.2, 0.25) is 0 Å². The van der Waals surface area contributed by atoms with Crippen LogP contribution in [0.3, 0.4) is 0 Å². The van der Waals surface area contributed by atoms with Crippen molar-refractivity contribution in [2.45, 2.75) is 38.4 Å². The lowest BCUT2D eigenvalue weighted by atomic mass is 9.93. The molecular weight excluding hydrogens is 176 g/mol. The summed E-state index contributed by atoms with van der Waals surface area (Å²) in [5.41, 5.74) is 6.57. The highest BCUT2D eigenvalue weighted by molar-refractivity contribution is 4.97. The third-order valence-corrected chi connectivity index (χ3v) is 2.75. The molecule has 0 aromatic carbocycles. The van der Waals surface area contributed by atoms with E-state index < -0.39 is 0 Å². The molecule has 2 rings (SSSR count). The predicted molar refractivity (Wildman–Crippen MR) is 55.8 cm³/mol. The fraction of sp³-hybridized carbons (Fsp3) is 0.700. The normalized spacial score (nSPS) is 16.9. The third kappa shape index (κ3) is 2.33. The van der Waals surface area contributed by atoms with Crippen molar-refractivity contribution in [2.24, 2.45) is 5.73 Å². The summed E-state index contributed by atoms with van der Waals surface area (Å²) in [7, 11) is 0. The first-order valence-corrected chi connectivity index (χ1v) is 5.32. The second kappa shape index (κ2) is 4.57. The molecule has 0 unspecified atom stereocenters. The summed E-state index contributed by atoms with van der Waals surface area (Å²) in [5.74, 6) is 0. The number of hydrogen-bond acceptors (Lipinski definition) is 3. The van der Waals surface area contributed by atoms with E-state index >= 15 is 0 Å². The van der Waals surface area contributed by atoms with Crippen LogP contribution < -0.4 is 11.1 Å². The molecule has 0 amide bonds. The van der Waals surface area contributed by atoms with Crippen molar-refractivity contribution in [1.82, 2.24) is 14.9 Å². The van der Waals surface area contributed by atoms with Gasteiger partial charge >= 0.3 is 0 Å². The molecule has 0 atom stereocenters. The van der Waals surface area contributed by atoms with Crippen molar-refractivity contribution in [3.05, 3.63) is 18.2 Å². The van der Waals surface area contributed by atoms with E-state index in [4.69, 9.17) is 5.73 Å². The molecule has 3 N–H and O–H groups in total. The van der Waals surface area contributed by atoms with Gasteiger partial charge in [-0.2, -0.15) is 0 Å². The zero-order chi connectivity index (χ0) is 9.80. The van der Waals surface area contributed by atoms with Crippen molar-refractivity contribution in [3.63, 3.8) is 0 Å². The van der Waals surface area contributed by atoms with Crippen molar-refractivity contribution in [1.29, 1.82) is 0 Å². The average molecular weight is 194 g/mol. The quantitative estimate of drug-likeness (QED) is 0.717. The molecule has 14 heavy (non-hydrogen) atoms. The van der Waals surface area contributed by atoms with Gasteiger partial charge < -0.3 is 15.6 Å². The van der Waals surface area contributed by atoms with Crippen LogP contribution in [-0.4, -0.2) is 22.1 Å². The Kier molecular flexibility index (Phi) is 3.16. The Labute approximate surface area is 84.5 Å². The molecule has 78 valence electrons. The molecule has 0 saturated heterocycles. The molecule has 0 aliphatic heterocycles. The first-order valence-electron chi connectivity index (χ1n) is 5.32. The van der Waals surface area contributed by atoms with Crippen LogP contribution >= 0.6 is 0 Å². The highest BCUT2D eigenvalue weighted by Gasteiger charge is 2.16. The van der Waals surface area contributed by atoms with Crippen molar-refractivity contribution in [2.75, 3.05) is 6.54 Å². The van der Waals surface area contributed by atoms with Gasteiger partial charge in [-0.1, -0.05) is 6.42 Å². The maximum atomic E-state index is 5.46. The van der Waals surface area contributed by atoms with Crippen LogP contribution in [-0.2, 0) is 13.1 Å². The Morgan fingerprint density at radius 1 is 1.57 bits per heavy atom. The number of nitrogens with two attached hydrogens (primary N) is 1. The lowest BCUT2D eigenvalue weighted by Crippen LogP contribution is -2.34. The Hall–Kier alpha value is -0.870. The van der Waals surface area contributed by atoms with Gasteiger partial charge in [-0.15, -0.1) is 0 Å². The van der Waals surface area contributed by atoms with Gasteiger partial charge in [0.25, 0.3) is 0 Å². The number of rotatable bonds is 5. The largest absolute Gasteiger partial charge is 0.336 e. The predicted octanol–water partition coefficient (Wildman–Crippen LogP) is 0.484. The van der Waals surface area contributed by atoms with E-state index in [1.165, 1.54) is 19.3 Å². The fourth-order valence-corrected chi connectivity index (χ4v) is 1.63. The minimum absolute atomic E-state index is 0.672. The molecule has 1 aliphatic rings. The second-order valence-electron chi connectivity index (χ2n) is 3.90. The molecular formula is C10H18N4. The molecule has 1 aromatic heterocycles. The third-order valence-electron chi connectivity index (χ3n) is 2.75. The molecule has 4 nitrogen and oxygen atoms in total. The summed E-state index contributed by atoms with van der Waals surface area (Å²) in [5, 5.41) is 3.48. The summed E-state index contributed by atoms with van der Waals surface area (Å²) in [4.78, 5) is 4.31. The molecule has 1 aliphatic carbocycles. The monoisotopic (exact) mass is 194 g/mol. The Balaban J connectivity index is 1.77. The number of imidazole rings is 1. The standard InChI is InChI=1S/C10H18N4/c11-4-5-14-7-10(13-8-14)6-12-9-2-1-3-9/h7-9,12H,1-6,11H2. The average Bonchev–Trinajstić information content (AvgIpc) is 2.51. The molecule has 1 heterocycles. The zero-order valence-corrected chi connectivity index (χ0v) is 8.45. The Morgan fingerprint density at radius 2 is 2.43 bits per heavy atom. The van der Waals surface area contributed by atoms with Crippen LogP contribution in [0.25, 0.3) is 0 Å². The summed E-state index contributed by atoms with van der Waals surface area (Å²) < 4.78 is 2.04. The van der Waals surface area contributed by atoms with E-state index in [1.54, 1.807) is 0 Å². The number of hydrogen-bond donors (Lipinski definition) is 2. The second-order valence-corrected chi connectivity index (χ2v) is 3.90. The Morgan fingerprint density at radius 3 is 3.07 bits per heavy atom. The lowest BCUT2D eigenvalue weighted by Gasteiger charge is -2.26. The summed E-state index contributed by atoms with van der Waals surface area (Å²) in [6, 6.07) is 0.731. The van der Waals surface area contributed by atoms with E-state index in [0.29, 0.717) is 6.54 Å². The van der Waals surface area contributed by atoms with Gasteiger partial charge in [-0.05, 0) is 12.8 Å². The van der Waals surface area contributed by atoms with Gasteiger partial charge in [0.1, 0.15) is 0 Å². The summed E-state index contributed by atoms with van der Waals surface area (Å²) >= 11 is 0. The fourth-order valence-electron chi connectivity index (χ4n) is 1.63. The first kappa shape index (κ1) is 9.68. The molecule has 0 bridgehead atoms. The van der Waals surface area contributed by atoms with Gasteiger partial charge in [0, 0.05) is 31.9 Å². The molecule has 1 saturated carbocycles. The Bertz CT molecular complexity index is 277. The van der Waals surface area contributed by atoms with Crippen LogP contribution in [0.1, 0.15) is 25.0 Å². The van der Waals surface area contributed by atoms with Gasteiger partial charge in [0.2, 0.25) is 0 Å². The summed E-state index contributed by atoms with van der Waals surface area (Å²) in [6.45, 7) is 2.42. The van der Waals surface area contributed by atoms with Crippen molar-refractivity contribution in [3.8, 4) is 0 Å². The molecule has 4 heteroatoms. The van der Waals surface area contributed by atoms with Crippen molar-refractivity contribution < 1.29 is 0 Å². The highest BCUT2D eigenvalue weighted by atomic mass is 15.1. The van der Waals surface area contributed by atoms with E-state index in [2.05, 4.69) is 16.5 Å². The lowest BCUT2D eigenvalue weighted by molar-refractivity contribution is 0.337. The van der Waals surface area contributed by atoms with Crippen LogP contribution in [0.4, 0.5) is 0 Å². The van der Waals surface area contributed by atoms with Gasteiger partial charge in [-0.25, -0.2) is 4.98 Å². The van der Waals surface area contributed by atoms with Crippen molar-refractivity contribution >= 4 is 0 Å². The number of nitrogens with one attached hydrogen (secondary N) is 1. The minimum Gasteiger partial charge on any atom is -0.336 e.